The van der Waals surface area contributed by atoms with Gasteiger partial charge in [0.2, 0.25) is 0 Å². The molecule has 0 aromatic heterocycles. The first-order valence-electron chi connectivity index (χ1n) is 7.66. The van der Waals surface area contributed by atoms with E-state index in [1.807, 2.05) is 0 Å². The van der Waals surface area contributed by atoms with Gasteiger partial charge in [0, 0.05) is 12.6 Å². The molecular formula is C16H31NOSi. The highest BCUT2D eigenvalue weighted by Crippen LogP contribution is 2.45. The third kappa shape index (κ3) is 2.83. The molecule has 0 saturated carbocycles. The highest BCUT2D eigenvalue weighted by Gasteiger charge is 2.50. The van der Waals surface area contributed by atoms with Gasteiger partial charge in [-0.3, -0.25) is 4.90 Å². The van der Waals surface area contributed by atoms with Gasteiger partial charge in [-0.2, -0.15) is 0 Å². The Hall–Kier alpha value is -0.123. The van der Waals surface area contributed by atoms with Crippen LogP contribution < -0.4 is 0 Å². The lowest BCUT2D eigenvalue weighted by Crippen LogP contribution is -2.59. The summed E-state index contributed by atoms with van der Waals surface area (Å²) in [4.78, 5) is 2.60. The molecular weight excluding hydrogens is 250 g/mol. The highest BCUT2D eigenvalue weighted by atomic mass is 28.4. The number of hydrogen-bond acceptors (Lipinski definition) is 2. The molecule has 0 spiro atoms. The molecule has 3 heteroatoms. The molecule has 0 N–H and O–H groups in total. The summed E-state index contributed by atoms with van der Waals surface area (Å²) in [7, 11) is -1.72. The van der Waals surface area contributed by atoms with Crippen molar-refractivity contribution in [3.05, 3.63) is 12.2 Å². The van der Waals surface area contributed by atoms with Crippen molar-refractivity contribution in [2.75, 3.05) is 13.1 Å². The molecule has 2 aliphatic rings. The maximum Gasteiger partial charge on any atom is 0.192 e. The highest BCUT2D eigenvalue weighted by molar-refractivity contribution is 6.74. The van der Waals surface area contributed by atoms with Gasteiger partial charge < -0.3 is 4.43 Å². The Morgan fingerprint density at radius 1 is 1.37 bits per heavy atom. The van der Waals surface area contributed by atoms with E-state index in [0.29, 0.717) is 6.04 Å². The SMILES string of the molecule is C=C1CN2CCC[C@H]2[C@](C)(O[Si](C)(C)C(C)(C)C)C1. The summed E-state index contributed by atoms with van der Waals surface area (Å²) < 4.78 is 6.85. The number of hydrogen-bond donors (Lipinski definition) is 0. The van der Waals surface area contributed by atoms with Crippen LogP contribution in [0.4, 0.5) is 0 Å². The Labute approximate surface area is 120 Å². The second kappa shape index (κ2) is 4.71. The van der Waals surface area contributed by atoms with Crippen molar-refractivity contribution >= 4 is 8.32 Å². The van der Waals surface area contributed by atoms with Crippen molar-refractivity contribution in [1.29, 1.82) is 0 Å². The van der Waals surface area contributed by atoms with E-state index in [0.717, 1.165) is 13.0 Å². The van der Waals surface area contributed by atoms with E-state index in [-0.39, 0.29) is 10.6 Å². The minimum atomic E-state index is -1.72. The van der Waals surface area contributed by atoms with Crippen molar-refractivity contribution in [3.63, 3.8) is 0 Å². The first-order valence-corrected chi connectivity index (χ1v) is 10.6. The summed E-state index contributed by atoms with van der Waals surface area (Å²) in [5.74, 6) is 0. The number of piperidine rings is 1. The topological polar surface area (TPSA) is 12.5 Å². The van der Waals surface area contributed by atoms with Gasteiger partial charge in [0.15, 0.2) is 8.32 Å². The predicted octanol–water partition coefficient (Wildman–Crippen LogP) is 4.19. The van der Waals surface area contributed by atoms with Crippen LogP contribution in [-0.2, 0) is 4.43 Å². The molecule has 2 fully saturated rings. The molecule has 2 heterocycles. The second-order valence-corrected chi connectivity index (χ2v) is 13.0. The van der Waals surface area contributed by atoms with Gasteiger partial charge >= 0.3 is 0 Å². The standard InChI is InChI=1S/C16H31NOSi/c1-13-11-16(5,14-9-8-10-17(14)12-13)18-19(6,7)15(2,3)4/h14H,1,8-12H2,2-7H3/t14-,16+/m0/s1. The Kier molecular flexibility index (Phi) is 3.79. The van der Waals surface area contributed by atoms with Crippen molar-refractivity contribution in [1.82, 2.24) is 4.90 Å². The van der Waals surface area contributed by atoms with Crippen molar-refractivity contribution in [2.45, 2.75) is 76.7 Å². The fourth-order valence-electron chi connectivity index (χ4n) is 3.50. The van der Waals surface area contributed by atoms with Gasteiger partial charge in [-0.05, 0) is 50.9 Å². The van der Waals surface area contributed by atoms with Crippen LogP contribution in [0.3, 0.4) is 0 Å². The summed E-state index contributed by atoms with van der Waals surface area (Å²) in [5.41, 5.74) is 1.33. The summed E-state index contributed by atoms with van der Waals surface area (Å²) in [6, 6.07) is 0.604. The molecule has 110 valence electrons. The monoisotopic (exact) mass is 281 g/mol. The molecule has 0 aromatic rings. The zero-order chi connectivity index (χ0) is 14.5. The first-order chi connectivity index (χ1) is 8.55. The molecule has 2 atom stereocenters. The van der Waals surface area contributed by atoms with Crippen LogP contribution in [-0.4, -0.2) is 37.9 Å². The Bertz CT molecular complexity index is 371. The van der Waals surface area contributed by atoms with Gasteiger partial charge in [0.1, 0.15) is 0 Å². The Balaban J connectivity index is 2.23. The largest absolute Gasteiger partial charge is 0.410 e. The fourth-order valence-corrected chi connectivity index (χ4v) is 5.18. The molecule has 0 aliphatic carbocycles. The molecule has 2 nitrogen and oxygen atoms in total. The van der Waals surface area contributed by atoms with Crippen LogP contribution in [0, 0.1) is 0 Å². The van der Waals surface area contributed by atoms with Crippen molar-refractivity contribution in [2.24, 2.45) is 0 Å². The maximum atomic E-state index is 6.85. The smallest absolute Gasteiger partial charge is 0.192 e. The van der Waals surface area contributed by atoms with Gasteiger partial charge in [-0.1, -0.05) is 32.9 Å². The quantitative estimate of drug-likeness (QED) is 0.556. The van der Waals surface area contributed by atoms with Gasteiger partial charge in [-0.25, -0.2) is 0 Å². The normalized spacial score (nSPS) is 33.6. The summed E-state index contributed by atoms with van der Waals surface area (Å²) in [5, 5.41) is 0.276. The number of fused-ring (bicyclic) bond motifs is 1. The zero-order valence-corrected chi connectivity index (χ0v) is 14.7. The Morgan fingerprint density at radius 2 is 2.00 bits per heavy atom. The first kappa shape index (κ1) is 15.3. The third-order valence-corrected chi connectivity index (χ3v) is 9.98. The predicted molar refractivity (Wildman–Crippen MR) is 85.0 cm³/mol. The van der Waals surface area contributed by atoms with Crippen LogP contribution in [0.1, 0.15) is 47.0 Å². The van der Waals surface area contributed by atoms with Crippen LogP contribution in [0.25, 0.3) is 0 Å². The van der Waals surface area contributed by atoms with E-state index in [9.17, 15) is 0 Å². The van der Waals surface area contributed by atoms with E-state index in [1.165, 1.54) is 25.0 Å². The molecule has 19 heavy (non-hydrogen) atoms. The van der Waals surface area contributed by atoms with Crippen LogP contribution in [0.5, 0.6) is 0 Å². The van der Waals surface area contributed by atoms with E-state index in [4.69, 9.17) is 4.43 Å². The molecule has 0 aromatic carbocycles. The molecule has 0 unspecified atom stereocenters. The second-order valence-electron chi connectivity index (χ2n) is 8.23. The van der Waals surface area contributed by atoms with Crippen molar-refractivity contribution < 1.29 is 4.43 Å². The molecule has 0 bridgehead atoms. The Morgan fingerprint density at radius 3 is 2.58 bits per heavy atom. The number of rotatable bonds is 2. The van der Waals surface area contributed by atoms with Gasteiger partial charge in [0.25, 0.3) is 0 Å². The minimum Gasteiger partial charge on any atom is -0.410 e. The zero-order valence-electron chi connectivity index (χ0n) is 13.7. The molecule has 2 saturated heterocycles. The van der Waals surface area contributed by atoms with Crippen LogP contribution in [0.2, 0.25) is 18.1 Å². The maximum absolute atomic E-state index is 6.85. The summed E-state index contributed by atoms with van der Waals surface area (Å²) in [6.07, 6.45) is 3.65. The molecule has 2 aliphatic heterocycles. The third-order valence-electron chi connectivity index (χ3n) is 5.39. The van der Waals surface area contributed by atoms with E-state index < -0.39 is 8.32 Å². The molecule has 0 radical (unpaired) electrons. The van der Waals surface area contributed by atoms with Crippen LogP contribution in [0.15, 0.2) is 12.2 Å². The average Bonchev–Trinajstić information content (AvgIpc) is 2.62. The minimum absolute atomic E-state index is 0.0190. The number of nitrogens with zero attached hydrogens (tertiary/aromatic N) is 1. The fraction of sp³-hybridized carbons (Fsp3) is 0.875. The molecule has 0 amide bonds. The van der Waals surface area contributed by atoms with Crippen molar-refractivity contribution in [3.8, 4) is 0 Å². The van der Waals surface area contributed by atoms with Gasteiger partial charge in [-0.15, -0.1) is 0 Å². The molecule has 2 rings (SSSR count). The summed E-state index contributed by atoms with van der Waals surface area (Å²) >= 11 is 0. The van der Waals surface area contributed by atoms with E-state index >= 15 is 0 Å². The van der Waals surface area contributed by atoms with E-state index in [2.05, 4.69) is 52.3 Å². The lowest BCUT2D eigenvalue weighted by molar-refractivity contribution is -0.0216. The van der Waals surface area contributed by atoms with E-state index in [1.54, 1.807) is 0 Å². The average molecular weight is 282 g/mol. The van der Waals surface area contributed by atoms with Gasteiger partial charge in [0.05, 0.1) is 5.60 Å². The van der Waals surface area contributed by atoms with Crippen LogP contribution >= 0.6 is 0 Å². The lowest BCUT2D eigenvalue weighted by atomic mass is 9.84. The summed E-state index contributed by atoms with van der Waals surface area (Å²) in [6.45, 7) is 20.6. The lowest BCUT2D eigenvalue weighted by Gasteiger charge is -2.51.